The van der Waals surface area contributed by atoms with Gasteiger partial charge in [-0.25, -0.2) is 4.79 Å². The van der Waals surface area contributed by atoms with E-state index in [1.807, 2.05) is 80.6 Å². The number of hydrogen-bond donors (Lipinski definition) is 2. The van der Waals surface area contributed by atoms with E-state index in [1.165, 1.54) is 7.11 Å². The van der Waals surface area contributed by atoms with Crippen LogP contribution >= 0.6 is 12.2 Å². The van der Waals surface area contributed by atoms with Gasteiger partial charge in [0.2, 0.25) is 0 Å². The third-order valence-corrected chi connectivity index (χ3v) is 6.38. The molecule has 1 heterocycles. The van der Waals surface area contributed by atoms with E-state index in [2.05, 4.69) is 10.6 Å². The molecule has 0 saturated carbocycles. The van der Waals surface area contributed by atoms with Crippen molar-refractivity contribution < 1.29 is 19.1 Å². The van der Waals surface area contributed by atoms with Gasteiger partial charge in [0.25, 0.3) is 5.91 Å². The van der Waals surface area contributed by atoms with Gasteiger partial charge in [0.1, 0.15) is 11.8 Å². The van der Waals surface area contributed by atoms with Gasteiger partial charge < -0.3 is 25.0 Å². The van der Waals surface area contributed by atoms with Gasteiger partial charge in [0, 0.05) is 17.8 Å². The van der Waals surface area contributed by atoms with Crippen LogP contribution in [-0.4, -0.2) is 42.2 Å². The second kappa shape index (κ2) is 10.8. The molecule has 3 aromatic carbocycles. The Labute approximate surface area is 216 Å². The van der Waals surface area contributed by atoms with Gasteiger partial charge in [0.15, 0.2) is 5.11 Å². The second-order valence-electron chi connectivity index (χ2n) is 8.87. The number of fused-ring (bicyclic) bond motifs is 1. The lowest BCUT2D eigenvalue weighted by atomic mass is 10.0. The molecule has 0 fully saturated rings. The van der Waals surface area contributed by atoms with Crippen molar-refractivity contribution in [3.05, 3.63) is 77.9 Å². The molecule has 1 unspecified atom stereocenters. The highest BCUT2D eigenvalue weighted by Gasteiger charge is 2.38. The minimum absolute atomic E-state index is 0.0567. The van der Waals surface area contributed by atoms with Crippen LogP contribution in [-0.2, 0) is 16.1 Å². The summed E-state index contributed by atoms with van der Waals surface area (Å²) >= 11 is 5.45. The number of benzene rings is 3. The summed E-state index contributed by atoms with van der Waals surface area (Å²) in [4.78, 5) is 26.9. The molecule has 1 atom stereocenters. The third kappa shape index (κ3) is 5.18. The fraction of sp³-hybridized carbons (Fsp3) is 0.250. The smallest absolute Gasteiger partial charge is 0.328 e. The first kappa shape index (κ1) is 25.2. The van der Waals surface area contributed by atoms with Gasteiger partial charge in [0.05, 0.1) is 19.9 Å². The van der Waals surface area contributed by atoms with Crippen LogP contribution in [0.2, 0.25) is 0 Å². The van der Waals surface area contributed by atoms with Crippen LogP contribution in [0.25, 0.3) is 11.1 Å². The molecule has 7 nitrogen and oxygen atoms in total. The first-order chi connectivity index (χ1) is 17.3. The third-order valence-electron chi connectivity index (χ3n) is 6.18. The number of para-hydroxylation sites is 2. The Balaban J connectivity index is 1.46. The monoisotopic (exact) mass is 503 g/mol. The van der Waals surface area contributed by atoms with Crippen molar-refractivity contribution in [2.75, 3.05) is 24.9 Å². The summed E-state index contributed by atoms with van der Waals surface area (Å²) in [6.07, 6.45) is 0. The van der Waals surface area contributed by atoms with Crippen LogP contribution in [0.1, 0.15) is 29.8 Å². The van der Waals surface area contributed by atoms with Crippen molar-refractivity contribution in [1.82, 2.24) is 4.90 Å². The fourth-order valence-corrected chi connectivity index (χ4v) is 4.63. The maximum absolute atomic E-state index is 13.0. The minimum Gasteiger partial charge on any atom is -0.495 e. The van der Waals surface area contributed by atoms with Gasteiger partial charge >= 0.3 is 5.97 Å². The molecule has 3 aromatic rings. The number of thiocarbonyl (C=S) groups is 1. The highest BCUT2D eigenvalue weighted by molar-refractivity contribution is 7.80. The van der Waals surface area contributed by atoms with Crippen LogP contribution < -0.4 is 15.4 Å². The van der Waals surface area contributed by atoms with Gasteiger partial charge in [-0.05, 0) is 71.2 Å². The zero-order valence-corrected chi connectivity index (χ0v) is 21.5. The first-order valence-corrected chi connectivity index (χ1v) is 12.1. The number of carbonyl (C=O) groups excluding carboxylic acids is 2. The van der Waals surface area contributed by atoms with Crippen LogP contribution in [0.15, 0.2) is 66.7 Å². The zero-order chi connectivity index (χ0) is 25.8. The Morgan fingerprint density at radius 3 is 2.33 bits per heavy atom. The number of amides is 1. The van der Waals surface area contributed by atoms with E-state index in [-0.39, 0.29) is 11.8 Å². The number of rotatable bonds is 7. The molecule has 4 rings (SSSR count). The molecule has 2 N–H and O–H groups in total. The maximum Gasteiger partial charge on any atom is 0.328 e. The van der Waals surface area contributed by atoms with E-state index in [1.54, 1.807) is 12.0 Å². The number of esters is 1. The van der Waals surface area contributed by atoms with Crippen molar-refractivity contribution in [3.63, 3.8) is 0 Å². The normalized spacial score (nSPS) is 13.2. The molecule has 36 heavy (non-hydrogen) atoms. The standard InChI is InChI=1S/C28H29N3O4S/c1-17(2)25(27(33)35-4)31-16-20-15-19(11-14-22(20)26(31)32)18-9-12-21(13-10-18)29-28(36)30-23-7-5-6-8-24(23)34-3/h5-15,17,25H,16H2,1-4H3,(H2,29,30,36). The average Bonchev–Trinajstić information content (AvgIpc) is 3.19. The Hall–Kier alpha value is -3.91. The number of nitrogens with one attached hydrogen (secondary N) is 2. The lowest BCUT2D eigenvalue weighted by Gasteiger charge is -2.28. The van der Waals surface area contributed by atoms with E-state index in [9.17, 15) is 9.59 Å². The number of hydrogen-bond acceptors (Lipinski definition) is 5. The van der Waals surface area contributed by atoms with E-state index >= 15 is 0 Å². The summed E-state index contributed by atoms with van der Waals surface area (Å²) in [6, 6.07) is 20.6. The molecule has 0 aromatic heterocycles. The van der Waals surface area contributed by atoms with E-state index in [0.29, 0.717) is 23.0 Å². The Morgan fingerprint density at radius 1 is 0.972 bits per heavy atom. The van der Waals surface area contributed by atoms with Crippen molar-refractivity contribution in [3.8, 4) is 16.9 Å². The maximum atomic E-state index is 13.0. The Kier molecular flexibility index (Phi) is 7.55. The zero-order valence-electron chi connectivity index (χ0n) is 20.7. The molecule has 8 heteroatoms. The molecule has 1 aliphatic heterocycles. The summed E-state index contributed by atoms with van der Waals surface area (Å²) < 4.78 is 10.3. The Bertz CT molecular complexity index is 1290. The van der Waals surface area contributed by atoms with Crippen LogP contribution in [0, 0.1) is 5.92 Å². The van der Waals surface area contributed by atoms with E-state index < -0.39 is 12.0 Å². The minimum atomic E-state index is -0.614. The van der Waals surface area contributed by atoms with Crippen molar-refractivity contribution in [1.29, 1.82) is 0 Å². The summed E-state index contributed by atoms with van der Waals surface area (Å²) in [6.45, 7) is 4.20. The molecule has 0 spiro atoms. The van der Waals surface area contributed by atoms with Crippen LogP contribution in [0.4, 0.5) is 11.4 Å². The Morgan fingerprint density at radius 2 is 1.67 bits per heavy atom. The number of ether oxygens (including phenoxy) is 2. The molecule has 186 valence electrons. The quantitative estimate of drug-likeness (QED) is 0.333. The lowest BCUT2D eigenvalue weighted by molar-refractivity contribution is -0.147. The predicted octanol–water partition coefficient (Wildman–Crippen LogP) is 5.32. The summed E-state index contributed by atoms with van der Waals surface area (Å²) in [5, 5.41) is 6.78. The number of carbonyl (C=O) groups is 2. The van der Waals surface area contributed by atoms with Gasteiger partial charge in [-0.2, -0.15) is 0 Å². The molecule has 1 aliphatic rings. The first-order valence-electron chi connectivity index (χ1n) is 11.7. The second-order valence-corrected chi connectivity index (χ2v) is 9.28. The summed E-state index contributed by atoms with van der Waals surface area (Å²) in [5.41, 5.74) is 5.14. The van der Waals surface area contributed by atoms with Crippen LogP contribution in [0.3, 0.4) is 0 Å². The number of methoxy groups -OCH3 is 2. The topological polar surface area (TPSA) is 79.9 Å². The summed E-state index contributed by atoms with van der Waals surface area (Å²) in [5.74, 6) is 0.111. The lowest BCUT2D eigenvalue weighted by Crippen LogP contribution is -2.45. The van der Waals surface area contributed by atoms with Crippen molar-refractivity contribution >= 4 is 40.6 Å². The van der Waals surface area contributed by atoms with Gasteiger partial charge in [-0.15, -0.1) is 0 Å². The molecule has 0 radical (unpaired) electrons. The predicted molar refractivity (Wildman–Crippen MR) is 145 cm³/mol. The molecular formula is C28H29N3O4S. The SMILES string of the molecule is COC(=O)C(C(C)C)N1Cc2cc(-c3ccc(NC(=S)Nc4ccccc4OC)cc3)ccc2C1=O. The van der Waals surface area contributed by atoms with Gasteiger partial charge in [-0.1, -0.05) is 44.2 Å². The largest absolute Gasteiger partial charge is 0.495 e. The highest BCUT2D eigenvalue weighted by atomic mass is 32.1. The molecular weight excluding hydrogens is 474 g/mol. The number of anilines is 2. The molecule has 1 amide bonds. The molecule has 0 bridgehead atoms. The number of nitrogens with zero attached hydrogens (tertiary/aromatic N) is 1. The average molecular weight is 504 g/mol. The fourth-order valence-electron chi connectivity index (χ4n) is 4.41. The van der Waals surface area contributed by atoms with E-state index in [0.717, 1.165) is 28.1 Å². The van der Waals surface area contributed by atoms with Crippen molar-refractivity contribution in [2.45, 2.75) is 26.4 Å². The molecule has 0 aliphatic carbocycles. The molecule has 0 saturated heterocycles. The van der Waals surface area contributed by atoms with Gasteiger partial charge in [-0.3, -0.25) is 4.79 Å². The van der Waals surface area contributed by atoms with Crippen molar-refractivity contribution in [2.24, 2.45) is 5.92 Å². The summed E-state index contributed by atoms with van der Waals surface area (Å²) in [7, 11) is 2.97. The van der Waals surface area contributed by atoms with E-state index in [4.69, 9.17) is 21.7 Å². The van der Waals surface area contributed by atoms with Crippen LogP contribution in [0.5, 0.6) is 5.75 Å². The highest BCUT2D eigenvalue weighted by Crippen LogP contribution is 2.32.